The topological polar surface area (TPSA) is 140 Å². The van der Waals surface area contributed by atoms with Gasteiger partial charge < -0.3 is 28.7 Å². The summed E-state index contributed by atoms with van der Waals surface area (Å²) in [5, 5.41) is 8.88. The van der Waals surface area contributed by atoms with Crippen molar-refractivity contribution in [2.75, 3.05) is 12.8 Å². The van der Waals surface area contributed by atoms with E-state index < -0.39 is 45.8 Å². The van der Waals surface area contributed by atoms with Crippen LogP contribution in [0.1, 0.15) is 39.0 Å². The predicted molar refractivity (Wildman–Crippen MR) is 81.0 cm³/mol. The van der Waals surface area contributed by atoms with Gasteiger partial charge in [0, 0.05) is 6.66 Å². The first-order chi connectivity index (χ1) is 10.5. The van der Waals surface area contributed by atoms with Gasteiger partial charge in [-0.15, -0.1) is 0 Å². The fourth-order valence-electron chi connectivity index (χ4n) is 2.30. The molecule has 0 aromatic rings. The quantitative estimate of drug-likeness (QED) is 0.328. The number of hydrogen-bond donors (Lipinski definition) is 3. The van der Waals surface area contributed by atoms with Crippen LogP contribution in [0, 0.1) is 0 Å². The molecule has 5 unspecified atom stereocenters. The maximum atomic E-state index is 12.1. The zero-order chi connectivity index (χ0) is 17.7. The molecule has 0 aliphatic heterocycles. The van der Waals surface area contributed by atoms with Crippen LogP contribution >= 0.6 is 15.2 Å². The van der Waals surface area contributed by atoms with Crippen LogP contribution in [0.2, 0.25) is 0 Å². The maximum Gasteiger partial charge on any atom is 0.329 e. The van der Waals surface area contributed by atoms with Gasteiger partial charge in [-0.3, -0.25) is 13.9 Å². The third-order valence-corrected chi connectivity index (χ3v) is 5.22. The van der Waals surface area contributed by atoms with E-state index in [0.29, 0.717) is 12.8 Å². The molecule has 5 atom stereocenters. The van der Waals surface area contributed by atoms with E-state index in [1.165, 1.54) is 6.92 Å². The Kier molecular flexibility index (Phi) is 7.87. The van der Waals surface area contributed by atoms with Crippen LogP contribution in [-0.4, -0.2) is 52.2 Å². The van der Waals surface area contributed by atoms with Gasteiger partial charge in [-0.1, -0.05) is 12.8 Å². The minimum absolute atomic E-state index is 0.386. The van der Waals surface area contributed by atoms with Crippen molar-refractivity contribution >= 4 is 21.2 Å². The Hall–Kier alpha value is -0.270. The molecule has 1 rings (SSSR count). The molecule has 1 fully saturated rings. The summed E-state index contributed by atoms with van der Waals surface area (Å²) in [5.41, 5.74) is 0. The highest BCUT2D eigenvalue weighted by molar-refractivity contribution is 7.53. The monoisotopic (exact) mass is 374 g/mol. The minimum atomic E-state index is -4.09. The number of esters is 1. The summed E-state index contributed by atoms with van der Waals surface area (Å²) < 4.78 is 38.1. The van der Waals surface area contributed by atoms with Crippen molar-refractivity contribution in [3.05, 3.63) is 0 Å². The van der Waals surface area contributed by atoms with Crippen LogP contribution in [0.15, 0.2) is 0 Å². The lowest BCUT2D eigenvalue weighted by Crippen LogP contribution is -2.33. The SMILES string of the molecule is CC(O)OC(=O)CCP(=O)(O)OC1CCCCC1OP(C)(=O)O. The largest absolute Gasteiger partial charge is 0.436 e. The Bertz CT molecular complexity index is 487. The summed E-state index contributed by atoms with van der Waals surface area (Å²) in [5.74, 6) is -0.817. The molecule has 11 heteroatoms. The summed E-state index contributed by atoms with van der Waals surface area (Å²) in [7, 11) is -7.83. The highest BCUT2D eigenvalue weighted by Gasteiger charge is 2.36. The number of aliphatic hydroxyl groups is 1. The summed E-state index contributed by atoms with van der Waals surface area (Å²) >= 11 is 0. The normalized spacial score (nSPS) is 28.4. The van der Waals surface area contributed by atoms with Gasteiger partial charge in [0.15, 0.2) is 6.29 Å². The molecule has 9 nitrogen and oxygen atoms in total. The zero-order valence-corrected chi connectivity index (χ0v) is 14.9. The second-order valence-corrected chi connectivity index (χ2v) is 9.33. The molecule has 1 aliphatic rings. The molecule has 0 heterocycles. The van der Waals surface area contributed by atoms with Gasteiger partial charge in [-0.05, 0) is 19.8 Å². The lowest BCUT2D eigenvalue weighted by molar-refractivity contribution is -0.164. The molecule has 0 aromatic heterocycles. The highest BCUT2D eigenvalue weighted by Crippen LogP contribution is 2.49. The molecule has 23 heavy (non-hydrogen) atoms. The number of carbonyl (C=O) groups is 1. The smallest absolute Gasteiger partial charge is 0.329 e. The molecule has 0 radical (unpaired) electrons. The molecule has 1 aliphatic carbocycles. The molecule has 0 saturated heterocycles. The number of carbonyl (C=O) groups excluding carboxylic acids is 1. The fraction of sp³-hybridized carbons (Fsp3) is 0.917. The second-order valence-electron chi connectivity index (χ2n) is 5.58. The summed E-state index contributed by atoms with van der Waals surface area (Å²) in [6.45, 7) is 2.29. The molecule has 136 valence electrons. The third-order valence-electron chi connectivity index (χ3n) is 3.17. The van der Waals surface area contributed by atoms with Crippen LogP contribution in [0.4, 0.5) is 0 Å². The number of ether oxygens (including phenoxy) is 1. The van der Waals surface area contributed by atoms with Crippen LogP contribution in [0.25, 0.3) is 0 Å². The Morgan fingerprint density at radius 3 is 2.17 bits per heavy atom. The van der Waals surface area contributed by atoms with E-state index in [2.05, 4.69) is 4.74 Å². The van der Waals surface area contributed by atoms with Gasteiger partial charge in [0.2, 0.25) is 0 Å². The number of aliphatic hydroxyl groups excluding tert-OH is 1. The first kappa shape index (κ1) is 20.8. The van der Waals surface area contributed by atoms with Crippen molar-refractivity contribution < 1.29 is 42.6 Å². The van der Waals surface area contributed by atoms with E-state index in [1.807, 2.05) is 0 Å². The number of hydrogen-bond acceptors (Lipinski definition) is 7. The minimum Gasteiger partial charge on any atom is -0.436 e. The van der Waals surface area contributed by atoms with Gasteiger partial charge in [-0.25, -0.2) is 0 Å². The lowest BCUT2D eigenvalue weighted by Gasteiger charge is -2.32. The van der Waals surface area contributed by atoms with E-state index >= 15 is 0 Å². The van der Waals surface area contributed by atoms with E-state index in [-0.39, 0.29) is 6.42 Å². The van der Waals surface area contributed by atoms with Crippen molar-refractivity contribution in [3.8, 4) is 0 Å². The van der Waals surface area contributed by atoms with Crippen LogP contribution < -0.4 is 0 Å². The van der Waals surface area contributed by atoms with Gasteiger partial charge in [0.05, 0.1) is 24.8 Å². The number of rotatable bonds is 8. The third kappa shape index (κ3) is 8.96. The molecule has 0 spiro atoms. The Balaban J connectivity index is 2.57. The first-order valence-corrected chi connectivity index (χ1v) is 11.1. The van der Waals surface area contributed by atoms with Gasteiger partial charge in [0.25, 0.3) is 0 Å². The standard InChI is InChI=1S/C12H24O9P2/c1-9(13)19-12(14)7-8-23(17,18)21-11-6-4-3-5-10(11)20-22(2,15)16/h9-11,13H,3-8H2,1-2H3,(H,15,16)(H,17,18). The van der Waals surface area contributed by atoms with E-state index in [4.69, 9.17) is 14.2 Å². The van der Waals surface area contributed by atoms with E-state index in [1.54, 1.807) is 0 Å². The second kappa shape index (κ2) is 8.72. The van der Waals surface area contributed by atoms with Crippen LogP contribution in [0.3, 0.4) is 0 Å². The fourth-order valence-corrected chi connectivity index (χ4v) is 4.28. The Labute approximate surface area is 135 Å². The molecule has 0 amide bonds. The summed E-state index contributed by atoms with van der Waals surface area (Å²) in [6, 6.07) is 0. The van der Waals surface area contributed by atoms with Crippen molar-refractivity contribution in [2.45, 2.75) is 57.5 Å². The summed E-state index contributed by atoms with van der Waals surface area (Å²) in [4.78, 5) is 30.4. The van der Waals surface area contributed by atoms with Crippen molar-refractivity contribution in [1.82, 2.24) is 0 Å². The van der Waals surface area contributed by atoms with Gasteiger partial charge in [-0.2, -0.15) is 0 Å². The lowest BCUT2D eigenvalue weighted by atomic mass is 9.95. The first-order valence-electron chi connectivity index (χ1n) is 7.35. The molecular formula is C12H24O9P2. The average Bonchev–Trinajstić information content (AvgIpc) is 2.36. The zero-order valence-electron chi connectivity index (χ0n) is 13.2. The van der Waals surface area contributed by atoms with Gasteiger partial charge >= 0.3 is 21.2 Å². The van der Waals surface area contributed by atoms with Gasteiger partial charge in [0.1, 0.15) is 0 Å². The van der Waals surface area contributed by atoms with E-state index in [0.717, 1.165) is 19.5 Å². The molecule has 0 bridgehead atoms. The molecule has 3 N–H and O–H groups in total. The maximum absolute atomic E-state index is 12.1. The van der Waals surface area contributed by atoms with E-state index in [9.17, 15) is 23.7 Å². The Morgan fingerprint density at radius 1 is 1.17 bits per heavy atom. The van der Waals surface area contributed by atoms with Crippen LogP contribution in [0.5, 0.6) is 0 Å². The molecule has 0 aromatic carbocycles. The Morgan fingerprint density at radius 2 is 1.70 bits per heavy atom. The highest BCUT2D eigenvalue weighted by atomic mass is 31.2. The van der Waals surface area contributed by atoms with Crippen molar-refractivity contribution in [3.63, 3.8) is 0 Å². The van der Waals surface area contributed by atoms with Crippen molar-refractivity contribution in [2.24, 2.45) is 0 Å². The summed E-state index contributed by atoms with van der Waals surface area (Å²) in [6.07, 6.45) is -1.29. The average molecular weight is 374 g/mol. The predicted octanol–water partition coefficient (Wildman–Crippen LogP) is 1.60. The van der Waals surface area contributed by atoms with Crippen molar-refractivity contribution in [1.29, 1.82) is 0 Å². The van der Waals surface area contributed by atoms with Crippen LogP contribution in [-0.2, 0) is 27.7 Å². The molecule has 1 saturated carbocycles. The molecular weight excluding hydrogens is 350 g/mol.